The smallest absolute Gasteiger partial charge is 0.170 e. The zero-order valence-electron chi connectivity index (χ0n) is 9.86. The van der Waals surface area contributed by atoms with E-state index in [9.17, 15) is 0 Å². The van der Waals surface area contributed by atoms with Gasteiger partial charge in [-0.05, 0) is 55.7 Å². The van der Waals surface area contributed by atoms with Crippen LogP contribution in [0, 0.1) is 13.8 Å². The minimum Gasteiger partial charge on any atom is -0.362 e. The highest BCUT2D eigenvalue weighted by Crippen LogP contribution is 2.24. The average Bonchev–Trinajstić information content (AvgIpc) is 2.23. The minimum atomic E-state index is 0.683. The molecule has 0 aromatic heterocycles. The van der Waals surface area contributed by atoms with Crippen LogP contribution in [0.3, 0.4) is 0 Å². The van der Waals surface area contributed by atoms with E-state index in [-0.39, 0.29) is 0 Å². The van der Waals surface area contributed by atoms with E-state index in [1.54, 1.807) is 0 Å². The van der Waals surface area contributed by atoms with Gasteiger partial charge in [0.15, 0.2) is 5.11 Å². The first-order valence-electron chi connectivity index (χ1n) is 5.36. The molecule has 0 aliphatic rings. The number of hydrogen-bond acceptors (Lipinski definition) is 1. The molecule has 0 heterocycles. The molecule has 1 rings (SSSR count). The average molecular weight is 301 g/mol. The van der Waals surface area contributed by atoms with E-state index >= 15 is 0 Å². The van der Waals surface area contributed by atoms with Crippen LogP contribution < -0.4 is 10.6 Å². The molecule has 0 saturated heterocycles. The van der Waals surface area contributed by atoms with E-state index in [0.29, 0.717) is 5.11 Å². The van der Waals surface area contributed by atoms with Gasteiger partial charge in [-0.2, -0.15) is 0 Å². The van der Waals surface area contributed by atoms with Crippen molar-refractivity contribution in [1.29, 1.82) is 0 Å². The third-order valence-corrected chi connectivity index (χ3v) is 3.73. The van der Waals surface area contributed by atoms with Crippen LogP contribution in [-0.4, -0.2) is 11.7 Å². The van der Waals surface area contributed by atoms with E-state index in [4.69, 9.17) is 12.2 Å². The maximum Gasteiger partial charge on any atom is 0.170 e. The summed E-state index contributed by atoms with van der Waals surface area (Å²) in [6.07, 6.45) is 1.07. The second-order valence-corrected chi connectivity index (χ2v) is 5.01. The molecule has 1 aromatic rings. The lowest BCUT2D eigenvalue weighted by Gasteiger charge is -2.12. The van der Waals surface area contributed by atoms with Crippen LogP contribution in [0.2, 0.25) is 0 Å². The lowest BCUT2D eigenvalue weighted by molar-refractivity contribution is 0.846. The number of hydrogen-bond donors (Lipinski definition) is 2. The molecule has 0 unspecified atom stereocenters. The van der Waals surface area contributed by atoms with Gasteiger partial charge in [0.2, 0.25) is 0 Å². The number of rotatable bonds is 3. The molecule has 0 fully saturated rings. The van der Waals surface area contributed by atoms with Gasteiger partial charge in [-0.1, -0.05) is 22.9 Å². The highest BCUT2D eigenvalue weighted by molar-refractivity contribution is 9.10. The van der Waals surface area contributed by atoms with E-state index in [0.717, 1.165) is 23.1 Å². The molecule has 2 N–H and O–H groups in total. The molecule has 0 atom stereocenters. The standard InChI is InChI=1S/C12H17BrN2S/c1-4-5-14-12(16)15-10-6-8(2)11(13)9(3)7-10/h6-7H,4-5H2,1-3H3,(H2,14,15,16). The van der Waals surface area contributed by atoms with Crippen molar-refractivity contribution in [2.24, 2.45) is 0 Å². The van der Waals surface area contributed by atoms with Gasteiger partial charge in [-0.15, -0.1) is 0 Å². The van der Waals surface area contributed by atoms with Crippen LogP contribution in [0.25, 0.3) is 0 Å². The number of halogens is 1. The van der Waals surface area contributed by atoms with Crippen LogP contribution in [-0.2, 0) is 0 Å². The minimum absolute atomic E-state index is 0.683. The van der Waals surface area contributed by atoms with E-state index in [1.165, 1.54) is 11.1 Å². The van der Waals surface area contributed by atoms with Gasteiger partial charge in [0.05, 0.1) is 0 Å². The zero-order chi connectivity index (χ0) is 12.1. The Balaban J connectivity index is 2.71. The maximum atomic E-state index is 5.19. The SMILES string of the molecule is CCCNC(=S)Nc1cc(C)c(Br)c(C)c1. The van der Waals surface area contributed by atoms with Crippen molar-refractivity contribution in [3.8, 4) is 0 Å². The molecule has 1 aromatic carbocycles. The Morgan fingerprint density at radius 3 is 2.38 bits per heavy atom. The summed E-state index contributed by atoms with van der Waals surface area (Å²) < 4.78 is 1.16. The molecule has 0 aliphatic heterocycles. The molecule has 0 radical (unpaired) electrons. The summed E-state index contributed by atoms with van der Waals surface area (Å²) in [7, 11) is 0. The summed E-state index contributed by atoms with van der Waals surface area (Å²) in [6.45, 7) is 7.17. The third kappa shape index (κ3) is 3.76. The van der Waals surface area contributed by atoms with Gasteiger partial charge in [0.25, 0.3) is 0 Å². The van der Waals surface area contributed by atoms with Crippen LogP contribution in [0.4, 0.5) is 5.69 Å². The number of aryl methyl sites for hydroxylation is 2. The molecular weight excluding hydrogens is 284 g/mol. The Morgan fingerprint density at radius 1 is 1.31 bits per heavy atom. The van der Waals surface area contributed by atoms with E-state index in [2.05, 4.69) is 59.5 Å². The quantitative estimate of drug-likeness (QED) is 0.831. The van der Waals surface area contributed by atoms with Gasteiger partial charge in [-0.25, -0.2) is 0 Å². The van der Waals surface area contributed by atoms with Gasteiger partial charge < -0.3 is 10.6 Å². The van der Waals surface area contributed by atoms with Crippen molar-refractivity contribution in [2.45, 2.75) is 27.2 Å². The summed E-state index contributed by atoms with van der Waals surface area (Å²) in [5.74, 6) is 0. The molecule has 2 nitrogen and oxygen atoms in total. The van der Waals surface area contributed by atoms with E-state index in [1.807, 2.05) is 0 Å². The van der Waals surface area contributed by atoms with Crippen LogP contribution >= 0.6 is 28.1 Å². The molecule has 0 spiro atoms. The zero-order valence-corrected chi connectivity index (χ0v) is 12.3. The highest BCUT2D eigenvalue weighted by atomic mass is 79.9. The molecule has 0 saturated carbocycles. The Bertz CT molecular complexity index is 368. The molecule has 0 aliphatic carbocycles. The molecule has 4 heteroatoms. The van der Waals surface area contributed by atoms with Crippen molar-refractivity contribution in [1.82, 2.24) is 5.32 Å². The Morgan fingerprint density at radius 2 is 1.88 bits per heavy atom. The Labute approximate surface area is 111 Å². The van der Waals surface area contributed by atoms with Crippen LogP contribution in [0.1, 0.15) is 24.5 Å². The lowest BCUT2D eigenvalue weighted by atomic mass is 10.1. The topological polar surface area (TPSA) is 24.1 Å². The number of thiocarbonyl (C=S) groups is 1. The van der Waals surface area contributed by atoms with Crippen molar-refractivity contribution in [3.63, 3.8) is 0 Å². The summed E-state index contributed by atoms with van der Waals surface area (Å²) >= 11 is 8.73. The van der Waals surface area contributed by atoms with Crippen molar-refractivity contribution in [2.75, 3.05) is 11.9 Å². The normalized spacial score (nSPS) is 10.0. The van der Waals surface area contributed by atoms with Crippen molar-refractivity contribution < 1.29 is 0 Å². The Kier molecular flexibility index (Phi) is 5.22. The van der Waals surface area contributed by atoms with Gasteiger partial charge in [0, 0.05) is 16.7 Å². The lowest BCUT2D eigenvalue weighted by Crippen LogP contribution is -2.28. The monoisotopic (exact) mass is 300 g/mol. The second-order valence-electron chi connectivity index (χ2n) is 3.80. The maximum absolute atomic E-state index is 5.19. The molecule has 88 valence electrons. The summed E-state index contributed by atoms with van der Waals surface area (Å²) in [4.78, 5) is 0. The third-order valence-electron chi connectivity index (χ3n) is 2.23. The molecule has 0 amide bonds. The Hall–Kier alpha value is -0.610. The fraction of sp³-hybridized carbons (Fsp3) is 0.417. The van der Waals surface area contributed by atoms with Gasteiger partial charge in [0.1, 0.15) is 0 Å². The van der Waals surface area contributed by atoms with Crippen LogP contribution in [0.5, 0.6) is 0 Å². The fourth-order valence-electron chi connectivity index (χ4n) is 1.43. The first kappa shape index (κ1) is 13.5. The summed E-state index contributed by atoms with van der Waals surface area (Å²) in [5, 5.41) is 7.01. The van der Waals surface area contributed by atoms with E-state index < -0.39 is 0 Å². The first-order valence-corrected chi connectivity index (χ1v) is 6.56. The highest BCUT2D eigenvalue weighted by Gasteiger charge is 2.03. The summed E-state index contributed by atoms with van der Waals surface area (Å²) in [5.41, 5.74) is 3.45. The number of nitrogens with one attached hydrogen (secondary N) is 2. The molecule has 16 heavy (non-hydrogen) atoms. The predicted molar refractivity (Wildman–Crippen MR) is 78.1 cm³/mol. The van der Waals surface area contributed by atoms with Crippen molar-refractivity contribution >= 4 is 38.9 Å². The largest absolute Gasteiger partial charge is 0.362 e. The van der Waals surface area contributed by atoms with Crippen molar-refractivity contribution in [3.05, 3.63) is 27.7 Å². The fourth-order valence-corrected chi connectivity index (χ4v) is 1.88. The first-order chi connectivity index (χ1) is 7.54. The predicted octanol–water partition coefficient (Wildman–Crippen LogP) is 3.76. The molecule has 0 bridgehead atoms. The van der Waals surface area contributed by atoms with Gasteiger partial charge >= 0.3 is 0 Å². The second kappa shape index (κ2) is 6.21. The van der Waals surface area contributed by atoms with Crippen LogP contribution in [0.15, 0.2) is 16.6 Å². The summed E-state index contributed by atoms with van der Waals surface area (Å²) in [6, 6.07) is 4.16. The molecular formula is C12H17BrN2S. The number of anilines is 1. The number of benzene rings is 1. The van der Waals surface area contributed by atoms with Gasteiger partial charge in [-0.3, -0.25) is 0 Å².